The lowest BCUT2D eigenvalue weighted by Crippen LogP contribution is -2.42. The van der Waals surface area contributed by atoms with Crippen molar-refractivity contribution >= 4 is 23.5 Å². The van der Waals surface area contributed by atoms with Crippen LogP contribution in [0.3, 0.4) is 0 Å². The number of hydrogen-bond acceptors (Lipinski definition) is 6. The number of nitro groups is 1. The van der Waals surface area contributed by atoms with E-state index in [1.54, 1.807) is 0 Å². The molecule has 0 bridgehead atoms. The summed E-state index contributed by atoms with van der Waals surface area (Å²) >= 11 is 0. The van der Waals surface area contributed by atoms with Crippen molar-refractivity contribution in [3.05, 3.63) is 39.9 Å². The third kappa shape index (κ3) is 6.96. The second-order valence-electron chi connectivity index (χ2n) is 5.41. The van der Waals surface area contributed by atoms with Crippen LogP contribution in [0.1, 0.15) is 25.3 Å². The molecule has 136 valence electrons. The SMILES string of the molecule is C[C@@H](NC(=O)CC[C@H](N)C(=O)NCc1ccc([N+](=O)[O-])cc1)C(=O)O. The number of carbonyl (C=O) groups is 3. The number of aliphatic carboxylic acids is 1. The number of benzene rings is 1. The molecule has 0 spiro atoms. The molecule has 0 radical (unpaired) electrons. The van der Waals surface area contributed by atoms with Gasteiger partial charge in [0.05, 0.1) is 11.0 Å². The number of amides is 2. The van der Waals surface area contributed by atoms with E-state index in [1.165, 1.54) is 31.2 Å². The van der Waals surface area contributed by atoms with Gasteiger partial charge in [0.15, 0.2) is 0 Å². The number of carbonyl (C=O) groups excluding carboxylic acids is 2. The monoisotopic (exact) mass is 352 g/mol. The van der Waals surface area contributed by atoms with Crippen molar-refractivity contribution in [1.29, 1.82) is 0 Å². The van der Waals surface area contributed by atoms with Crippen LogP contribution in [-0.4, -0.2) is 39.9 Å². The maximum atomic E-state index is 11.9. The highest BCUT2D eigenvalue weighted by molar-refractivity contribution is 5.85. The van der Waals surface area contributed by atoms with Crippen LogP contribution in [0, 0.1) is 10.1 Å². The Morgan fingerprint density at radius 3 is 2.40 bits per heavy atom. The van der Waals surface area contributed by atoms with Gasteiger partial charge >= 0.3 is 5.97 Å². The number of nitrogens with two attached hydrogens (primary N) is 1. The normalized spacial score (nSPS) is 12.7. The molecule has 1 aromatic carbocycles. The van der Waals surface area contributed by atoms with Gasteiger partial charge in [-0.05, 0) is 18.9 Å². The van der Waals surface area contributed by atoms with E-state index in [0.29, 0.717) is 5.56 Å². The molecule has 1 aromatic rings. The highest BCUT2D eigenvalue weighted by Gasteiger charge is 2.18. The van der Waals surface area contributed by atoms with Crippen LogP contribution in [0.15, 0.2) is 24.3 Å². The molecule has 0 aromatic heterocycles. The number of nitrogens with zero attached hydrogens (tertiary/aromatic N) is 1. The molecule has 0 aliphatic carbocycles. The summed E-state index contributed by atoms with van der Waals surface area (Å²) in [5, 5.41) is 24.1. The molecule has 2 atom stereocenters. The Morgan fingerprint density at radius 1 is 1.28 bits per heavy atom. The van der Waals surface area contributed by atoms with Crippen molar-refractivity contribution in [2.24, 2.45) is 5.73 Å². The largest absolute Gasteiger partial charge is 0.480 e. The number of hydrogen-bond donors (Lipinski definition) is 4. The maximum Gasteiger partial charge on any atom is 0.325 e. The summed E-state index contributed by atoms with van der Waals surface area (Å²) in [6, 6.07) is 3.75. The summed E-state index contributed by atoms with van der Waals surface area (Å²) in [4.78, 5) is 44.1. The van der Waals surface area contributed by atoms with Crippen LogP contribution in [0.25, 0.3) is 0 Å². The fourth-order valence-electron chi connectivity index (χ4n) is 1.85. The minimum Gasteiger partial charge on any atom is -0.480 e. The molecule has 10 nitrogen and oxygen atoms in total. The molecule has 0 aliphatic rings. The Morgan fingerprint density at radius 2 is 1.88 bits per heavy atom. The van der Waals surface area contributed by atoms with Crippen molar-refractivity contribution in [2.45, 2.75) is 38.4 Å². The summed E-state index contributed by atoms with van der Waals surface area (Å²) in [5.74, 6) is -2.13. The van der Waals surface area contributed by atoms with Gasteiger partial charge in [-0.15, -0.1) is 0 Å². The zero-order valence-electron chi connectivity index (χ0n) is 13.6. The van der Waals surface area contributed by atoms with Crippen molar-refractivity contribution in [3.8, 4) is 0 Å². The van der Waals surface area contributed by atoms with E-state index in [1.807, 2.05) is 0 Å². The maximum absolute atomic E-state index is 11.9. The summed E-state index contributed by atoms with van der Waals surface area (Å²) in [7, 11) is 0. The molecule has 0 saturated heterocycles. The molecular formula is C15H20N4O6. The topological polar surface area (TPSA) is 165 Å². The summed E-state index contributed by atoms with van der Waals surface area (Å²) in [5.41, 5.74) is 6.30. The Kier molecular flexibility index (Phi) is 7.47. The first kappa shape index (κ1) is 20.0. The van der Waals surface area contributed by atoms with Gasteiger partial charge in [-0.3, -0.25) is 24.5 Å². The van der Waals surface area contributed by atoms with Crippen molar-refractivity contribution < 1.29 is 24.4 Å². The van der Waals surface area contributed by atoms with Crippen LogP contribution in [-0.2, 0) is 20.9 Å². The van der Waals surface area contributed by atoms with Gasteiger partial charge in [-0.25, -0.2) is 0 Å². The van der Waals surface area contributed by atoms with E-state index in [2.05, 4.69) is 10.6 Å². The average Bonchev–Trinajstić information content (AvgIpc) is 2.57. The fourth-order valence-corrected chi connectivity index (χ4v) is 1.85. The number of non-ortho nitro benzene ring substituents is 1. The Hall–Kier alpha value is -3.01. The summed E-state index contributed by atoms with van der Waals surface area (Å²) < 4.78 is 0. The smallest absolute Gasteiger partial charge is 0.325 e. The van der Waals surface area contributed by atoms with Crippen LogP contribution in [0.4, 0.5) is 5.69 Å². The number of rotatable bonds is 9. The van der Waals surface area contributed by atoms with E-state index in [9.17, 15) is 24.5 Å². The second-order valence-corrected chi connectivity index (χ2v) is 5.41. The minimum atomic E-state index is -1.15. The van der Waals surface area contributed by atoms with E-state index in [0.717, 1.165) is 0 Å². The van der Waals surface area contributed by atoms with Gasteiger partial charge < -0.3 is 21.5 Å². The predicted molar refractivity (Wildman–Crippen MR) is 87.4 cm³/mol. The van der Waals surface area contributed by atoms with Crippen LogP contribution < -0.4 is 16.4 Å². The summed E-state index contributed by atoms with van der Waals surface area (Å²) in [6.07, 6.45) is -0.0198. The van der Waals surface area contributed by atoms with E-state index < -0.39 is 34.8 Å². The van der Waals surface area contributed by atoms with Crippen LogP contribution >= 0.6 is 0 Å². The van der Waals surface area contributed by atoms with Crippen LogP contribution in [0.2, 0.25) is 0 Å². The molecule has 1 rings (SSSR count). The number of nitro benzene ring substituents is 1. The third-order valence-electron chi connectivity index (χ3n) is 3.38. The average molecular weight is 352 g/mol. The van der Waals surface area contributed by atoms with Gasteiger partial charge in [-0.1, -0.05) is 12.1 Å². The van der Waals surface area contributed by atoms with Crippen molar-refractivity contribution in [2.75, 3.05) is 0 Å². The number of carboxylic acid groups (broad SMARTS) is 1. The fraction of sp³-hybridized carbons (Fsp3) is 0.400. The number of nitrogens with one attached hydrogen (secondary N) is 2. The lowest BCUT2D eigenvalue weighted by Gasteiger charge is -2.13. The molecule has 2 amide bonds. The predicted octanol–water partition coefficient (Wildman–Crippen LogP) is -0.0922. The van der Waals surface area contributed by atoms with Crippen molar-refractivity contribution in [3.63, 3.8) is 0 Å². The molecule has 0 fully saturated rings. The first-order chi connectivity index (χ1) is 11.7. The molecule has 10 heteroatoms. The Labute approximate surface area is 143 Å². The second kappa shape index (κ2) is 9.33. The summed E-state index contributed by atoms with van der Waals surface area (Å²) in [6.45, 7) is 1.48. The zero-order valence-corrected chi connectivity index (χ0v) is 13.6. The van der Waals surface area contributed by atoms with Gasteiger partial charge in [0, 0.05) is 25.1 Å². The van der Waals surface area contributed by atoms with Gasteiger partial charge in [-0.2, -0.15) is 0 Å². The molecule has 0 saturated carbocycles. The van der Waals surface area contributed by atoms with E-state index in [4.69, 9.17) is 10.8 Å². The van der Waals surface area contributed by atoms with Crippen LogP contribution in [0.5, 0.6) is 0 Å². The lowest BCUT2D eigenvalue weighted by atomic mass is 10.1. The van der Waals surface area contributed by atoms with Gasteiger partial charge in [0.2, 0.25) is 11.8 Å². The Bertz CT molecular complexity index is 646. The quantitative estimate of drug-likeness (QED) is 0.356. The van der Waals surface area contributed by atoms with Gasteiger partial charge in [0.25, 0.3) is 5.69 Å². The first-order valence-electron chi connectivity index (χ1n) is 7.49. The number of carboxylic acids is 1. The van der Waals surface area contributed by atoms with Gasteiger partial charge in [0.1, 0.15) is 6.04 Å². The highest BCUT2D eigenvalue weighted by atomic mass is 16.6. The first-order valence-corrected chi connectivity index (χ1v) is 7.49. The molecular weight excluding hydrogens is 332 g/mol. The molecule has 5 N–H and O–H groups in total. The molecule has 0 aliphatic heterocycles. The third-order valence-corrected chi connectivity index (χ3v) is 3.38. The Balaban J connectivity index is 2.37. The minimum absolute atomic E-state index is 0.0478. The molecule has 0 unspecified atom stereocenters. The van der Waals surface area contributed by atoms with E-state index in [-0.39, 0.29) is 25.1 Å². The van der Waals surface area contributed by atoms with Crippen molar-refractivity contribution in [1.82, 2.24) is 10.6 Å². The standard InChI is InChI=1S/C15H20N4O6/c1-9(15(22)23)18-13(20)7-6-12(16)14(21)17-8-10-2-4-11(5-3-10)19(24)25/h2-5,9,12H,6-8,16H2,1H3,(H,17,21)(H,18,20)(H,22,23)/t9-,12+/m1/s1. The van der Waals surface area contributed by atoms with E-state index >= 15 is 0 Å². The zero-order chi connectivity index (χ0) is 19.0. The molecule has 0 heterocycles. The highest BCUT2D eigenvalue weighted by Crippen LogP contribution is 2.11. The lowest BCUT2D eigenvalue weighted by molar-refractivity contribution is -0.384. The molecule has 25 heavy (non-hydrogen) atoms.